The predicted octanol–water partition coefficient (Wildman–Crippen LogP) is 1.10. The van der Waals surface area contributed by atoms with Gasteiger partial charge in [0.05, 0.1) is 18.2 Å². The Bertz CT molecular complexity index is 657. The van der Waals surface area contributed by atoms with Crippen LogP contribution in [-0.4, -0.2) is 71.3 Å². The summed E-state index contributed by atoms with van der Waals surface area (Å²) in [6, 6.07) is 1.97. The lowest BCUT2D eigenvalue weighted by atomic mass is 9.92. The first-order valence-corrected chi connectivity index (χ1v) is 9.33. The third kappa shape index (κ3) is 3.17. The first kappa shape index (κ1) is 16.6. The summed E-state index contributed by atoms with van der Waals surface area (Å²) in [5.74, 6) is 0.688. The number of aromatic nitrogens is 2. The number of fused-ring (bicyclic) bond motifs is 1. The van der Waals surface area contributed by atoms with Crippen molar-refractivity contribution in [2.45, 2.75) is 38.1 Å². The van der Waals surface area contributed by atoms with Crippen LogP contribution in [0.15, 0.2) is 6.07 Å². The van der Waals surface area contributed by atoms with Crippen LogP contribution in [0.25, 0.3) is 0 Å². The van der Waals surface area contributed by atoms with Gasteiger partial charge in [0.25, 0.3) is 5.91 Å². The molecule has 7 heteroatoms. The fourth-order valence-corrected chi connectivity index (χ4v) is 4.12. The molecule has 0 aromatic carbocycles. The van der Waals surface area contributed by atoms with Crippen LogP contribution in [0.5, 0.6) is 0 Å². The lowest BCUT2D eigenvalue weighted by Gasteiger charge is -2.32. The molecule has 1 aromatic heterocycles. The van der Waals surface area contributed by atoms with Gasteiger partial charge in [-0.25, -0.2) is 0 Å². The molecule has 1 atom stereocenters. The summed E-state index contributed by atoms with van der Waals surface area (Å²) in [5.41, 5.74) is 1.71. The smallest absolute Gasteiger partial charge is 0.271 e. The van der Waals surface area contributed by atoms with Gasteiger partial charge in [-0.2, -0.15) is 5.10 Å². The van der Waals surface area contributed by atoms with Crippen LogP contribution in [0.2, 0.25) is 0 Å². The number of ether oxygens (including phenoxy) is 1. The number of carbonyl (C=O) groups is 2. The predicted molar refractivity (Wildman–Crippen MR) is 91.3 cm³/mol. The van der Waals surface area contributed by atoms with Crippen LogP contribution in [-0.2, 0) is 16.1 Å². The van der Waals surface area contributed by atoms with E-state index in [-0.39, 0.29) is 17.7 Å². The topological polar surface area (TPSA) is 67.7 Å². The summed E-state index contributed by atoms with van der Waals surface area (Å²) in [7, 11) is 1.85. The Labute approximate surface area is 147 Å². The number of hydrogen-bond donors (Lipinski definition) is 0. The Morgan fingerprint density at radius 2 is 2.00 bits per heavy atom. The number of aryl methyl sites for hydroxylation is 1. The standard InChI is InChI=1S/C18H26N4O3/c1-20-6-2-7-22-16(18(20)24)11-15(19-22)13-3-8-21(9-4-13)17(23)14-5-10-25-12-14/h11,13-14H,2-10,12H2,1H3/t14-/m0/s1. The summed E-state index contributed by atoms with van der Waals surface area (Å²) in [6.07, 6.45) is 3.62. The summed E-state index contributed by atoms with van der Waals surface area (Å²) >= 11 is 0. The van der Waals surface area contributed by atoms with Crippen LogP contribution in [0, 0.1) is 5.92 Å². The molecule has 0 spiro atoms. The van der Waals surface area contributed by atoms with Crippen LogP contribution in [0.4, 0.5) is 0 Å². The van der Waals surface area contributed by atoms with Gasteiger partial charge in [-0.1, -0.05) is 0 Å². The highest BCUT2D eigenvalue weighted by molar-refractivity contribution is 5.92. The molecule has 0 unspecified atom stereocenters. The molecule has 0 bridgehead atoms. The Kier molecular flexibility index (Phi) is 4.50. The van der Waals surface area contributed by atoms with Gasteiger partial charge in [0.2, 0.25) is 5.91 Å². The zero-order valence-corrected chi connectivity index (χ0v) is 14.8. The number of piperidine rings is 1. The van der Waals surface area contributed by atoms with E-state index in [0.717, 1.165) is 57.6 Å². The van der Waals surface area contributed by atoms with Crippen molar-refractivity contribution in [3.63, 3.8) is 0 Å². The van der Waals surface area contributed by atoms with Gasteiger partial charge in [-0.3, -0.25) is 14.3 Å². The molecule has 7 nitrogen and oxygen atoms in total. The minimum Gasteiger partial charge on any atom is -0.381 e. The number of amides is 2. The Balaban J connectivity index is 1.41. The zero-order valence-electron chi connectivity index (χ0n) is 14.8. The van der Waals surface area contributed by atoms with Crippen LogP contribution in [0.3, 0.4) is 0 Å². The van der Waals surface area contributed by atoms with Gasteiger partial charge < -0.3 is 14.5 Å². The normalized spacial score (nSPS) is 25.2. The van der Waals surface area contributed by atoms with E-state index in [1.165, 1.54) is 0 Å². The minimum absolute atomic E-state index is 0.0494. The fraction of sp³-hybridized carbons (Fsp3) is 0.722. The molecule has 0 saturated carbocycles. The molecule has 0 radical (unpaired) electrons. The molecule has 3 aliphatic rings. The minimum atomic E-state index is 0.0494. The molecule has 2 amide bonds. The maximum absolute atomic E-state index is 12.5. The van der Waals surface area contributed by atoms with E-state index in [1.807, 2.05) is 22.7 Å². The second-order valence-electron chi connectivity index (χ2n) is 7.42. The molecule has 2 fully saturated rings. The Morgan fingerprint density at radius 1 is 1.20 bits per heavy atom. The number of likely N-dealkylation sites (tertiary alicyclic amines) is 1. The third-order valence-corrected chi connectivity index (χ3v) is 5.73. The molecule has 0 aliphatic carbocycles. The van der Waals surface area contributed by atoms with E-state index in [9.17, 15) is 9.59 Å². The maximum atomic E-state index is 12.5. The highest BCUT2D eigenvalue weighted by Crippen LogP contribution is 2.30. The van der Waals surface area contributed by atoms with Gasteiger partial charge in [-0.15, -0.1) is 0 Å². The van der Waals surface area contributed by atoms with E-state index >= 15 is 0 Å². The molecular weight excluding hydrogens is 320 g/mol. The van der Waals surface area contributed by atoms with Crippen molar-refractivity contribution >= 4 is 11.8 Å². The van der Waals surface area contributed by atoms with Crippen LogP contribution >= 0.6 is 0 Å². The molecule has 25 heavy (non-hydrogen) atoms. The fourth-order valence-electron chi connectivity index (χ4n) is 4.12. The summed E-state index contributed by atoms with van der Waals surface area (Å²) in [5, 5.41) is 4.71. The van der Waals surface area contributed by atoms with Crippen molar-refractivity contribution < 1.29 is 14.3 Å². The van der Waals surface area contributed by atoms with Crippen LogP contribution < -0.4 is 0 Å². The zero-order chi connectivity index (χ0) is 17.4. The van der Waals surface area contributed by atoms with Crippen molar-refractivity contribution in [2.24, 2.45) is 5.92 Å². The summed E-state index contributed by atoms with van der Waals surface area (Å²) in [4.78, 5) is 28.7. The van der Waals surface area contributed by atoms with Gasteiger partial charge >= 0.3 is 0 Å². The molecule has 4 heterocycles. The Hall–Kier alpha value is -1.89. The highest BCUT2D eigenvalue weighted by Gasteiger charge is 2.32. The van der Waals surface area contributed by atoms with Crippen molar-refractivity contribution in [3.05, 3.63) is 17.5 Å². The molecule has 136 valence electrons. The van der Waals surface area contributed by atoms with Crippen molar-refractivity contribution in [1.29, 1.82) is 0 Å². The average Bonchev–Trinajstić information content (AvgIpc) is 3.28. The molecular formula is C18H26N4O3. The monoisotopic (exact) mass is 346 g/mol. The van der Waals surface area contributed by atoms with Crippen molar-refractivity contribution in [2.75, 3.05) is 39.9 Å². The molecule has 3 aliphatic heterocycles. The van der Waals surface area contributed by atoms with E-state index in [0.29, 0.717) is 24.8 Å². The summed E-state index contributed by atoms with van der Waals surface area (Å²) in [6.45, 7) is 4.40. The quantitative estimate of drug-likeness (QED) is 0.804. The number of carbonyl (C=O) groups excluding carboxylic acids is 2. The largest absolute Gasteiger partial charge is 0.381 e. The second kappa shape index (κ2) is 6.78. The molecule has 2 saturated heterocycles. The summed E-state index contributed by atoms with van der Waals surface area (Å²) < 4.78 is 7.21. The van der Waals surface area contributed by atoms with Gasteiger partial charge in [0, 0.05) is 45.8 Å². The van der Waals surface area contributed by atoms with Crippen molar-refractivity contribution in [3.8, 4) is 0 Å². The number of nitrogens with zero attached hydrogens (tertiary/aromatic N) is 4. The average molecular weight is 346 g/mol. The van der Waals surface area contributed by atoms with Gasteiger partial charge in [-0.05, 0) is 31.7 Å². The lowest BCUT2D eigenvalue weighted by Crippen LogP contribution is -2.41. The first-order valence-electron chi connectivity index (χ1n) is 9.33. The molecule has 0 N–H and O–H groups in total. The maximum Gasteiger partial charge on any atom is 0.271 e. The van der Waals surface area contributed by atoms with Gasteiger partial charge in [0.15, 0.2) is 0 Å². The Morgan fingerprint density at radius 3 is 2.72 bits per heavy atom. The first-order chi connectivity index (χ1) is 12.1. The number of rotatable bonds is 2. The van der Waals surface area contributed by atoms with E-state index in [1.54, 1.807) is 4.90 Å². The van der Waals surface area contributed by atoms with E-state index in [4.69, 9.17) is 9.84 Å². The highest BCUT2D eigenvalue weighted by atomic mass is 16.5. The van der Waals surface area contributed by atoms with Crippen LogP contribution in [0.1, 0.15) is 47.8 Å². The second-order valence-corrected chi connectivity index (χ2v) is 7.42. The molecule has 4 rings (SSSR count). The van der Waals surface area contributed by atoms with Crippen molar-refractivity contribution in [1.82, 2.24) is 19.6 Å². The third-order valence-electron chi connectivity index (χ3n) is 5.73. The molecule has 1 aromatic rings. The van der Waals surface area contributed by atoms with Gasteiger partial charge in [0.1, 0.15) is 5.69 Å². The van der Waals surface area contributed by atoms with E-state index in [2.05, 4.69) is 0 Å². The number of hydrogen-bond acceptors (Lipinski definition) is 4. The SMILES string of the molecule is CN1CCCn2nc(C3CCN(C(=O)[C@H]4CCOC4)CC3)cc2C1=O. The van der Waals surface area contributed by atoms with E-state index < -0.39 is 0 Å². The lowest BCUT2D eigenvalue weighted by molar-refractivity contribution is -0.136.